The topological polar surface area (TPSA) is 63.3 Å². The van der Waals surface area contributed by atoms with E-state index in [0.29, 0.717) is 18.0 Å². The van der Waals surface area contributed by atoms with E-state index in [0.717, 1.165) is 24.0 Å². The second-order valence-corrected chi connectivity index (χ2v) is 5.97. The van der Waals surface area contributed by atoms with Crippen LogP contribution in [0.2, 0.25) is 0 Å². The van der Waals surface area contributed by atoms with Crippen LogP contribution in [0.5, 0.6) is 0 Å². The fraction of sp³-hybridized carbons (Fsp3) is 0.316. The molecule has 0 bridgehead atoms. The van der Waals surface area contributed by atoms with Crippen molar-refractivity contribution >= 4 is 5.97 Å². The molecule has 3 heteroatoms. The van der Waals surface area contributed by atoms with Crippen LogP contribution in [-0.4, -0.2) is 17.6 Å². The highest BCUT2D eigenvalue weighted by Gasteiger charge is 2.20. The number of fused-ring (bicyclic) bond motifs is 1. The number of hydrogen-bond donors (Lipinski definition) is 2. The number of aryl methyl sites for hydroxylation is 1. The zero-order valence-electron chi connectivity index (χ0n) is 12.6. The van der Waals surface area contributed by atoms with Crippen molar-refractivity contribution in [2.75, 3.05) is 6.54 Å². The fourth-order valence-corrected chi connectivity index (χ4v) is 3.41. The number of carbonyl (C=O) groups is 1. The summed E-state index contributed by atoms with van der Waals surface area (Å²) >= 11 is 0. The van der Waals surface area contributed by atoms with Crippen LogP contribution in [0, 0.1) is 0 Å². The molecule has 0 heterocycles. The predicted molar refractivity (Wildman–Crippen MR) is 88.2 cm³/mol. The van der Waals surface area contributed by atoms with Gasteiger partial charge in [-0.1, -0.05) is 30.3 Å². The highest BCUT2D eigenvalue weighted by molar-refractivity contribution is 5.89. The summed E-state index contributed by atoms with van der Waals surface area (Å²) in [5, 5.41) is 9.15. The normalized spacial score (nSPS) is 17.0. The maximum absolute atomic E-state index is 11.1. The molecule has 0 amide bonds. The number of carboxylic acids is 1. The molecule has 1 aliphatic rings. The van der Waals surface area contributed by atoms with E-state index in [1.54, 1.807) is 18.2 Å². The molecule has 0 radical (unpaired) electrons. The van der Waals surface area contributed by atoms with E-state index in [1.165, 1.54) is 24.0 Å². The van der Waals surface area contributed by atoms with Crippen LogP contribution in [0.1, 0.15) is 46.7 Å². The van der Waals surface area contributed by atoms with Gasteiger partial charge in [0, 0.05) is 0 Å². The van der Waals surface area contributed by atoms with Crippen molar-refractivity contribution in [3.8, 4) is 11.1 Å². The average molecular weight is 295 g/mol. The van der Waals surface area contributed by atoms with E-state index < -0.39 is 5.97 Å². The molecule has 1 atom stereocenters. The van der Waals surface area contributed by atoms with Crippen molar-refractivity contribution in [1.29, 1.82) is 0 Å². The Morgan fingerprint density at radius 1 is 1.18 bits per heavy atom. The molecule has 0 spiro atoms. The van der Waals surface area contributed by atoms with Gasteiger partial charge < -0.3 is 10.8 Å². The first kappa shape index (κ1) is 14.8. The Labute approximate surface area is 130 Å². The monoisotopic (exact) mass is 295 g/mol. The van der Waals surface area contributed by atoms with Crippen molar-refractivity contribution in [1.82, 2.24) is 0 Å². The van der Waals surface area contributed by atoms with Gasteiger partial charge in [-0.05, 0) is 72.5 Å². The first-order valence-corrected chi connectivity index (χ1v) is 7.85. The van der Waals surface area contributed by atoms with E-state index in [1.807, 2.05) is 6.07 Å². The number of nitrogens with two attached hydrogens (primary N) is 1. The Bertz CT molecular complexity index is 694. The smallest absolute Gasteiger partial charge is 0.335 e. The Hall–Kier alpha value is -2.13. The largest absolute Gasteiger partial charge is 0.478 e. The maximum atomic E-state index is 11.1. The molecule has 2 aromatic rings. The summed E-state index contributed by atoms with van der Waals surface area (Å²) in [6, 6.07) is 13.7. The first-order chi connectivity index (χ1) is 10.7. The van der Waals surface area contributed by atoms with E-state index >= 15 is 0 Å². The maximum Gasteiger partial charge on any atom is 0.335 e. The standard InChI is InChI=1S/C19H21NO2/c20-10-9-14-4-1-3-13-7-8-16(12-18(13)14)15-5-2-6-17(11-15)19(21)22/h2,5-8,11-12,14H,1,3-4,9-10,20H2,(H,21,22). The van der Waals surface area contributed by atoms with Gasteiger partial charge in [-0.3, -0.25) is 0 Å². The minimum atomic E-state index is -0.888. The minimum Gasteiger partial charge on any atom is -0.478 e. The van der Waals surface area contributed by atoms with E-state index in [9.17, 15) is 4.79 Å². The van der Waals surface area contributed by atoms with Gasteiger partial charge in [0.25, 0.3) is 0 Å². The van der Waals surface area contributed by atoms with Gasteiger partial charge in [0.2, 0.25) is 0 Å². The number of aromatic carboxylic acids is 1. The molecule has 1 aliphatic carbocycles. The SMILES string of the molecule is NCCC1CCCc2ccc(-c3cccc(C(=O)O)c3)cc21. The zero-order valence-corrected chi connectivity index (χ0v) is 12.6. The van der Waals surface area contributed by atoms with Crippen LogP contribution in [-0.2, 0) is 6.42 Å². The number of hydrogen-bond acceptors (Lipinski definition) is 2. The molecule has 0 aliphatic heterocycles. The molecule has 0 saturated heterocycles. The van der Waals surface area contributed by atoms with E-state index in [-0.39, 0.29) is 0 Å². The average Bonchev–Trinajstić information content (AvgIpc) is 2.55. The fourth-order valence-electron chi connectivity index (χ4n) is 3.41. The van der Waals surface area contributed by atoms with Gasteiger partial charge in [0.1, 0.15) is 0 Å². The quantitative estimate of drug-likeness (QED) is 0.901. The zero-order chi connectivity index (χ0) is 15.5. The van der Waals surface area contributed by atoms with Crippen LogP contribution in [0.4, 0.5) is 0 Å². The Balaban J connectivity index is 2.00. The van der Waals surface area contributed by atoms with Gasteiger partial charge in [-0.15, -0.1) is 0 Å². The van der Waals surface area contributed by atoms with Crippen molar-refractivity contribution < 1.29 is 9.90 Å². The molecule has 2 aromatic carbocycles. The molecule has 3 rings (SSSR count). The summed E-state index contributed by atoms with van der Waals surface area (Å²) < 4.78 is 0. The molecular weight excluding hydrogens is 274 g/mol. The number of carboxylic acid groups (broad SMARTS) is 1. The van der Waals surface area contributed by atoms with Gasteiger partial charge in [-0.2, -0.15) is 0 Å². The minimum absolute atomic E-state index is 0.328. The molecule has 0 aromatic heterocycles. The van der Waals surface area contributed by atoms with Crippen molar-refractivity contribution in [3.63, 3.8) is 0 Å². The van der Waals surface area contributed by atoms with Crippen LogP contribution < -0.4 is 5.73 Å². The lowest BCUT2D eigenvalue weighted by Crippen LogP contribution is -2.14. The lowest BCUT2D eigenvalue weighted by Gasteiger charge is -2.26. The molecule has 0 saturated carbocycles. The van der Waals surface area contributed by atoms with Crippen LogP contribution in [0.3, 0.4) is 0 Å². The third-order valence-corrected chi connectivity index (χ3v) is 4.54. The second kappa shape index (κ2) is 6.32. The summed E-state index contributed by atoms with van der Waals surface area (Å²) in [4.78, 5) is 11.1. The Morgan fingerprint density at radius 3 is 2.77 bits per heavy atom. The van der Waals surface area contributed by atoms with Crippen molar-refractivity contribution in [2.24, 2.45) is 5.73 Å². The van der Waals surface area contributed by atoms with Crippen molar-refractivity contribution in [3.05, 3.63) is 59.2 Å². The van der Waals surface area contributed by atoms with Crippen LogP contribution >= 0.6 is 0 Å². The highest BCUT2D eigenvalue weighted by Crippen LogP contribution is 2.36. The Kier molecular flexibility index (Phi) is 4.25. The van der Waals surface area contributed by atoms with E-state index in [2.05, 4.69) is 18.2 Å². The van der Waals surface area contributed by atoms with Crippen molar-refractivity contribution in [2.45, 2.75) is 31.6 Å². The molecule has 22 heavy (non-hydrogen) atoms. The van der Waals surface area contributed by atoms with Gasteiger partial charge >= 0.3 is 5.97 Å². The summed E-state index contributed by atoms with van der Waals surface area (Å²) in [7, 11) is 0. The van der Waals surface area contributed by atoms with Gasteiger partial charge in [0.05, 0.1) is 5.56 Å². The highest BCUT2D eigenvalue weighted by atomic mass is 16.4. The second-order valence-electron chi connectivity index (χ2n) is 5.97. The van der Waals surface area contributed by atoms with Crippen LogP contribution in [0.15, 0.2) is 42.5 Å². The van der Waals surface area contributed by atoms with Gasteiger partial charge in [0.15, 0.2) is 0 Å². The molecule has 114 valence electrons. The molecule has 1 unspecified atom stereocenters. The number of benzene rings is 2. The Morgan fingerprint density at radius 2 is 2.00 bits per heavy atom. The predicted octanol–water partition coefficient (Wildman–Crippen LogP) is 3.82. The molecule has 3 nitrogen and oxygen atoms in total. The summed E-state index contributed by atoms with van der Waals surface area (Å²) in [6.07, 6.45) is 4.58. The number of rotatable bonds is 4. The summed E-state index contributed by atoms with van der Waals surface area (Å²) in [6.45, 7) is 0.711. The summed E-state index contributed by atoms with van der Waals surface area (Å²) in [5.41, 5.74) is 10.9. The lowest BCUT2D eigenvalue weighted by atomic mass is 9.80. The molecule has 3 N–H and O–H groups in total. The van der Waals surface area contributed by atoms with Gasteiger partial charge in [-0.25, -0.2) is 4.79 Å². The molecule has 0 fully saturated rings. The van der Waals surface area contributed by atoms with E-state index in [4.69, 9.17) is 10.8 Å². The van der Waals surface area contributed by atoms with Crippen LogP contribution in [0.25, 0.3) is 11.1 Å². The third-order valence-electron chi connectivity index (χ3n) is 4.54. The first-order valence-electron chi connectivity index (χ1n) is 7.85. The third kappa shape index (κ3) is 2.90. The molecular formula is C19H21NO2. The lowest BCUT2D eigenvalue weighted by molar-refractivity contribution is 0.0697. The summed E-state index contributed by atoms with van der Waals surface area (Å²) in [5.74, 6) is -0.350.